The molecule has 0 fully saturated rings. The number of rotatable bonds is 1. The first-order valence-corrected chi connectivity index (χ1v) is 5.06. The first-order chi connectivity index (χ1) is 6.82. The van der Waals surface area contributed by atoms with Crippen LogP contribution in [0.2, 0.25) is 0 Å². The van der Waals surface area contributed by atoms with Crippen molar-refractivity contribution < 1.29 is 0 Å². The number of allylic oxidation sites excluding steroid dienone is 2. The van der Waals surface area contributed by atoms with E-state index in [4.69, 9.17) is 0 Å². The van der Waals surface area contributed by atoms with E-state index in [-0.39, 0.29) is 5.41 Å². The molecule has 0 aliphatic rings. The molecule has 0 amide bonds. The molecule has 3 nitrogen and oxygen atoms in total. The van der Waals surface area contributed by atoms with E-state index in [1.54, 1.807) is 4.68 Å². The molecule has 0 spiro atoms. The molecule has 82 valence electrons. The van der Waals surface area contributed by atoms with Crippen molar-refractivity contribution in [3.05, 3.63) is 22.3 Å². The zero-order valence-corrected chi connectivity index (χ0v) is 10.2. The van der Waals surface area contributed by atoms with E-state index in [0.29, 0.717) is 0 Å². The molecular formula is C12H19N3. The fourth-order valence-electron chi connectivity index (χ4n) is 0.976. The molecule has 1 heterocycles. The summed E-state index contributed by atoms with van der Waals surface area (Å²) < 4.78 is 1.67. The minimum absolute atomic E-state index is 0.194. The third-order valence-electron chi connectivity index (χ3n) is 2.65. The van der Waals surface area contributed by atoms with Crippen molar-refractivity contribution >= 4 is 12.7 Å². The summed E-state index contributed by atoms with van der Waals surface area (Å²) in [6.45, 7) is 12.6. The van der Waals surface area contributed by atoms with Crippen LogP contribution in [0.3, 0.4) is 0 Å². The Bertz CT molecular complexity index is 472. The van der Waals surface area contributed by atoms with Gasteiger partial charge in [-0.2, -0.15) is 0 Å². The molecule has 0 aliphatic heterocycles. The molecule has 0 aromatic carbocycles. The smallest absolute Gasteiger partial charge is 0.112 e. The normalized spacial score (nSPS) is 14.7. The van der Waals surface area contributed by atoms with Crippen LogP contribution >= 0.6 is 0 Å². The third-order valence-corrected chi connectivity index (χ3v) is 2.65. The Balaban J connectivity index is 3.11. The quantitative estimate of drug-likeness (QED) is 0.685. The van der Waals surface area contributed by atoms with Gasteiger partial charge in [0.2, 0.25) is 0 Å². The van der Waals surface area contributed by atoms with Crippen LogP contribution in [0.4, 0.5) is 0 Å². The summed E-state index contributed by atoms with van der Waals surface area (Å²) in [7, 11) is 1.84. The zero-order chi connectivity index (χ0) is 11.6. The van der Waals surface area contributed by atoms with Gasteiger partial charge in [-0.05, 0) is 18.4 Å². The number of aryl methyl sites for hydroxylation is 1. The van der Waals surface area contributed by atoms with Gasteiger partial charge >= 0.3 is 0 Å². The average molecular weight is 205 g/mol. The van der Waals surface area contributed by atoms with Gasteiger partial charge < -0.3 is 0 Å². The first kappa shape index (κ1) is 11.7. The molecule has 0 bridgehead atoms. The monoisotopic (exact) mass is 205 g/mol. The Morgan fingerprint density at radius 3 is 2.40 bits per heavy atom. The molecule has 15 heavy (non-hydrogen) atoms. The summed E-state index contributed by atoms with van der Waals surface area (Å²) in [4.78, 5) is 0. The molecule has 3 heteroatoms. The fourth-order valence-corrected chi connectivity index (χ4v) is 0.976. The van der Waals surface area contributed by atoms with E-state index in [1.807, 2.05) is 13.1 Å². The SMILES string of the molecule is C=c1/c(=C\C=C(/C)C(C)(C)C)nnn1C. The van der Waals surface area contributed by atoms with Crippen LogP contribution in [-0.2, 0) is 7.05 Å². The molecule has 1 rings (SSSR count). The van der Waals surface area contributed by atoms with Crippen molar-refractivity contribution in [3.8, 4) is 0 Å². The maximum atomic E-state index is 4.02. The Hall–Kier alpha value is -1.38. The molecule has 1 aromatic rings. The minimum Gasteiger partial charge on any atom is -0.248 e. The molecular weight excluding hydrogens is 186 g/mol. The summed E-state index contributed by atoms with van der Waals surface area (Å²) >= 11 is 0. The van der Waals surface area contributed by atoms with Crippen LogP contribution < -0.4 is 10.7 Å². The van der Waals surface area contributed by atoms with E-state index in [1.165, 1.54) is 5.57 Å². The second-order valence-electron chi connectivity index (χ2n) is 4.81. The van der Waals surface area contributed by atoms with Gasteiger partial charge in [0.25, 0.3) is 0 Å². The number of hydrogen-bond acceptors (Lipinski definition) is 2. The van der Waals surface area contributed by atoms with Crippen molar-refractivity contribution in [1.29, 1.82) is 0 Å². The van der Waals surface area contributed by atoms with Gasteiger partial charge in [0, 0.05) is 7.05 Å². The van der Waals surface area contributed by atoms with Gasteiger partial charge in [-0.15, -0.1) is 5.10 Å². The molecule has 1 aromatic heterocycles. The van der Waals surface area contributed by atoms with E-state index in [0.717, 1.165) is 10.7 Å². The number of aromatic nitrogens is 3. The van der Waals surface area contributed by atoms with Gasteiger partial charge in [0.1, 0.15) is 5.35 Å². The lowest BCUT2D eigenvalue weighted by Gasteiger charge is -2.18. The molecule has 0 N–H and O–H groups in total. The van der Waals surface area contributed by atoms with Gasteiger partial charge in [-0.25, -0.2) is 4.68 Å². The maximum Gasteiger partial charge on any atom is 0.112 e. The lowest BCUT2D eigenvalue weighted by molar-refractivity contribution is 0.504. The van der Waals surface area contributed by atoms with Crippen LogP contribution in [0, 0.1) is 5.41 Å². The van der Waals surface area contributed by atoms with Crippen molar-refractivity contribution in [3.63, 3.8) is 0 Å². The van der Waals surface area contributed by atoms with Crippen molar-refractivity contribution in [2.75, 3.05) is 0 Å². The highest BCUT2D eigenvalue weighted by molar-refractivity contribution is 5.38. The predicted molar refractivity (Wildman–Crippen MR) is 63.5 cm³/mol. The fraction of sp³-hybridized carbons (Fsp3) is 0.500. The largest absolute Gasteiger partial charge is 0.248 e. The van der Waals surface area contributed by atoms with Crippen LogP contribution in [0.25, 0.3) is 12.7 Å². The standard InChI is InChI=1S/C12H19N3/c1-9(12(3,4)5)7-8-11-10(2)15(6)14-13-11/h7-8H,2H2,1,3-6H3/b9-7+,11-8+. The topological polar surface area (TPSA) is 30.7 Å². The van der Waals surface area contributed by atoms with Crippen LogP contribution in [0.15, 0.2) is 11.6 Å². The molecule has 0 atom stereocenters. The number of nitrogens with zero attached hydrogens (tertiary/aromatic N) is 3. The number of hydrogen-bond donors (Lipinski definition) is 0. The second kappa shape index (κ2) is 4.01. The predicted octanol–water partition coefficient (Wildman–Crippen LogP) is 0.998. The van der Waals surface area contributed by atoms with Crippen molar-refractivity contribution in [1.82, 2.24) is 15.0 Å². The van der Waals surface area contributed by atoms with Gasteiger partial charge in [-0.3, -0.25) is 0 Å². The van der Waals surface area contributed by atoms with Gasteiger partial charge in [-0.1, -0.05) is 44.2 Å². The van der Waals surface area contributed by atoms with Crippen LogP contribution in [0.1, 0.15) is 27.7 Å². The Kier molecular flexibility index (Phi) is 3.12. The summed E-state index contributed by atoms with van der Waals surface area (Å²) in [5, 5.41) is 9.59. The highest BCUT2D eigenvalue weighted by atomic mass is 15.4. The highest BCUT2D eigenvalue weighted by Crippen LogP contribution is 2.23. The van der Waals surface area contributed by atoms with Crippen LogP contribution in [-0.4, -0.2) is 15.0 Å². The average Bonchev–Trinajstić information content (AvgIpc) is 2.43. The second-order valence-corrected chi connectivity index (χ2v) is 4.81. The molecule has 0 radical (unpaired) electrons. The van der Waals surface area contributed by atoms with Crippen LogP contribution in [0.5, 0.6) is 0 Å². The molecule has 0 saturated carbocycles. The van der Waals surface area contributed by atoms with E-state index >= 15 is 0 Å². The molecule has 0 saturated heterocycles. The first-order valence-electron chi connectivity index (χ1n) is 5.06. The highest BCUT2D eigenvalue weighted by Gasteiger charge is 2.10. The van der Waals surface area contributed by atoms with Gasteiger partial charge in [0.05, 0.1) is 5.35 Å². The maximum absolute atomic E-state index is 4.02. The van der Waals surface area contributed by atoms with E-state index < -0.39 is 0 Å². The molecule has 0 unspecified atom stereocenters. The zero-order valence-electron chi connectivity index (χ0n) is 10.2. The Morgan fingerprint density at radius 2 is 2.00 bits per heavy atom. The summed E-state index contributed by atoms with van der Waals surface area (Å²) in [5.74, 6) is 0. The van der Waals surface area contributed by atoms with Crippen molar-refractivity contribution in [2.24, 2.45) is 12.5 Å². The van der Waals surface area contributed by atoms with E-state index in [2.05, 4.69) is 50.7 Å². The lowest BCUT2D eigenvalue weighted by Crippen LogP contribution is -2.26. The van der Waals surface area contributed by atoms with Crippen molar-refractivity contribution in [2.45, 2.75) is 27.7 Å². The Morgan fingerprint density at radius 1 is 1.40 bits per heavy atom. The molecule has 0 aliphatic carbocycles. The summed E-state index contributed by atoms with van der Waals surface area (Å²) in [5.41, 5.74) is 1.51. The van der Waals surface area contributed by atoms with Gasteiger partial charge in [0.15, 0.2) is 0 Å². The third kappa shape index (κ3) is 2.78. The lowest BCUT2D eigenvalue weighted by atomic mass is 9.87. The Labute approximate surface area is 90.8 Å². The summed E-state index contributed by atoms with van der Waals surface area (Å²) in [6.07, 6.45) is 4.05. The summed E-state index contributed by atoms with van der Waals surface area (Å²) in [6, 6.07) is 0. The minimum atomic E-state index is 0.194. The van der Waals surface area contributed by atoms with E-state index in [9.17, 15) is 0 Å².